The summed E-state index contributed by atoms with van der Waals surface area (Å²) < 4.78 is 1.64. The highest BCUT2D eigenvalue weighted by atomic mass is 16.6. The van der Waals surface area contributed by atoms with Crippen LogP contribution in [0.15, 0.2) is 6.20 Å². The number of hydrogen-bond donors (Lipinski definition) is 0. The number of nitrogens with zero attached hydrogens (tertiary/aromatic N) is 3. The van der Waals surface area contributed by atoms with Crippen molar-refractivity contribution in [2.45, 2.75) is 38.6 Å². The van der Waals surface area contributed by atoms with Gasteiger partial charge < -0.3 is 0 Å². The molecule has 1 saturated carbocycles. The molecule has 5 nitrogen and oxygen atoms in total. The normalized spacial score (nSPS) is 16.6. The van der Waals surface area contributed by atoms with E-state index in [4.69, 9.17) is 0 Å². The van der Waals surface area contributed by atoms with Gasteiger partial charge in [0, 0.05) is 12.5 Å². The van der Waals surface area contributed by atoms with Crippen LogP contribution in [0.5, 0.6) is 0 Å². The van der Waals surface area contributed by atoms with Crippen LogP contribution in [0.4, 0.5) is 5.69 Å². The maximum atomic E-state index is 10.7. The summed E-state index contributed by atoms with van der Waals surface area (Å²) in [5.41, 5.74) is 0.875. The lowest BCUT2D eigenvalue weighted by molar-refractivity contribution is -0.385. The first-order valence-electron chi connectivity index (χ1n) is 4.94. The minimum atomic E-state index is -0.327. The van der Waals surface area contributed by atoms with Crippen molar-refractivity contribution in [1.29, 1.82) is 0 Å². The molecule has 5 heteroatoms. The number of aromatic nitrogens is 2. The van der Waals surface area contributed by atoms with E-state index in [9.17, 15) is 10.1 Å². The molecular formula is C9H13N3O2. The summed E-state index contributed by atoms with van der Waals surface area (Å²) >= 11 is 0. The molecular weight excluding hydrogens is 182 g/mol. The predicted octanol–water partition coefficient (Wildman–Crippen LogP) is 2.08. The van der Waals surface area contributed by atoms with Crippen molar-refractivity contribution in [2.24, 2.45) is 0 Å². The average molecular weight is 195 g/mol. The van der Waals surface area contributed by atoms with Crippen molar-refractivity contribution in [3.63, 3.8) is 0 Å². The van der Waals surface area contributed by atoms with E-state index in [1.807, 2.05) is 6.92 Å². The van der Waals surface area contributed by atoms with E-state index in [0.29, 0.717) is 18.2 Å². The smallest absolute Gasteiger partial charge is 0.266 e. The standard InChI is InChI=1S/C9H13N3O2/c1-2-11-6-8(12(13)14)9(10-11)7-4-3-5-7/h6-7H,2-5H2,1H3. The number of rotatable bonds is 3. The summed E-state index contributed by atoms with van der Waals surface area (Å²) in [6.45, 7) is 2.62. The van der Waals surface area contributed by atoms with Crippen molar-refractivity contribution in [3.05, 3.63) is 22.0 Å². The molecule has 1 heterocycles. The average Bonchev–Trinajstić information content (AvgIpc) is 2.45. The van der Waals surface area contributed by atoms with Gasteiger partial charge in [-0.25, -0.2) is 0 Å². The van der Waals surface area contributed by atoms with Gasteiger partial charge in [0.1, 0.15) is 11.9 Å². The molecule has 0 N–H and O–H groups in total. The van der Waals surface area contributed by atoms with Gasteiger partial charge in [0.2, 0.25) is 0 Å². The highest BCUT2D eigenvalue weighted by molar-refractivity contribution is 5.36. The minimum absolute atomic E-state index is 0.191. The first-order chi connectivity index (χ1) is 6.72. The Morgan fingerprint density at radius 1 is 1.71 bits per heavy atom. The van der Waals surface area contributed by atoms with Crippen LogP contribution in [0.1, 0.15) is 37.8 Å². The third kappa shape index (κ3) is 1.38. The first-order valence-corrected chi connectivity index (χ1v) is 4.94. The van der Waals surface area contributed by atoms with E-state index in [0.717, 1.165) is 12.8 Å². The SMILES string of the molecule is CCn1cc([N+](=O)[O-])c(C2CCC2)n1. The van der Waals surface area contributed by atoms with Gasteiger partial charge in [0.15, 0.2) is 0 Å². The summed E-state index contributed by atoms with van der Waals surface area (Å²) in [5, 5.41) is 15.0. The zero-order chi connectivity index (χ0) is 10.1. The fourth-order valence-electron chi connectivity index (χ4n) is 1.70. The van der Waals surface area contributed by atoms with Gasteiger partial charge in [-0.05, 0) is 19.8 Å². The van der Waals surface area contributed by atoms with Gasteiger partial charge in [0.05, 0.1) is 4.92 Å². The van der Waals surface area contributed by atoms with Gasteiger partial charge in [-0.2, -0.15) is 5.10 Å². The summed E-state index contributed by atoms with van der Waals surface area (Å²) in [4.78, 5) is 10.4. The maximum Gasteiger partial charge on any atom is 0.310 e. The van der Waals surface area contributed by atoms with Gasteiger partial charge in [-0.1, -0.05) is 6.42 Å². The monoisotopic (exact) mass is 195 g/mol. The number of hydrogen-bond acceptors (Lipinski definition) is 3. The molecule has 1 aliphatic rings. The summed E-state index contributed by atoms with van der Waals surface area (Å²) in [5.74, 6) is 0.322. The molecule has 1 aromatic rings. The second kappa shape index (κ2) is 3.40. The fourth-order valence-corrected chi connectivity index (χ4v) is 1.70. The molecule has 1 fully saturated rings. The fraction of sp³-hybridized carbons (Fsp3) is 0.667. The molecule has 0 bridgehead atoms. The van der Waals surface area contributed by atoms with E-state index < -0.39 is 0 Å². The Hall–Kier alpha value is -1.39. The Bertz CT molecular complexity index is 355. The van der Waals surface area contributed by atoms with Gasteiger partial charge in [0.25, 0.3) is 0 Å². The van der Waals surface area contributed by atoms with E-state index in [1.54, 1.807) is 4.68 Å². The van der Waals surface area contributed by atoms with E-state index in [2.05, 4.69) is 5.10 Å². The minimum Gasteiger partial charge on any atom is -0.266 e. The third-order valence-corrected chi connectivity index (χ3v) is 2.78. The van der Waals surface area contributed by atoms with Crippen molar-refractivity contribution in [2.75, 3.05) is 0 Å². The summed E-state index contributed by atoms with van der Waals surface area (Å²) in [6, 6.07) is 0. The zero-order valence-electron chi connectivity index (χ0n) is 8.14. The second-order valence-electron chi connectivity index (χ2n) is 3.64. The van der Waals surface area contributed by atoms with Crippen LogP contribution in [-0.2, 0) is 6.54 Å². The van der Waals surface area contributed by atoms with Crippen LogP contribution in [-0.4, -0.2) is 14.7 Å². The van der Waals surface area contributed by atoms with E-state index in [1.165, 1.54) is 12.6 Å². The third-order valence-electron chi connectivity index (χ3n) is 2.78. The van der Waals surface area contributed by atoms with Crippen LogP contribution >= 0.6 is 0 Å². The Kier molecular flexibility index (Phi) is 2.23. The largest absolute Gasteiger partial charge is 0.310 e. The molecule has 0 aromatic carbocycles. The lowest BCUT2D eigenvalue weighted by Gasteiger charge is -2.22. The summed E-state index contributed by atoms with van der Waals surface area (Å²) in [6.07, 6.45) is 4.79. The lowest BCUT2D eigenvalue weighted by atomic mass is 9.82. The van der Waals surface area contributed by atoms with Crippen LogP contribution in [0.2, 0.25) is 0 Å². The Morgan fingerprint density at radius 2 is 2.43 bits per heavy atom. The van der Waals surface area contributed by atoms with E-state index in [-0.39, 0.29) is 10.6 Å². The van der Waals surface area contributed by atoms with Gasteiger partial charge >= 0.3 is 5.69 Å². The molecule has 2 rings (SSSR count). The Labute approximate surface area is 81.9 Å². The molecule has 76 valence electrons. The van der Waals surface area contributed by atoms with Crippen LogP contribution in [0.25, 0.3) is 0 Å². The Balaban J connectivity index is 2.34. The van der Waals surface area contributed by atoms with Gasteiger partial charge in [-0.3, -0.25) is 14.8 Å². The zero-order valence-corrected chi connectivity index (χ0v) is 8.14. The molecule has 0 amide bonds. The molecule has 0 saturated heterocycles. The van der Waals surface area contributed by atoms with E-state index >= 15 is 0 Å². The lowest BCUT2D eigenvalue weighted by Crippen LogP contribution is -2.11. The van der Waals surface area contributed by atoms with Crippen molar-refractivity contribution >= 4 is 5.69 Å². The van der Waals surface area contributed by atoms with Crippen molar-refractivity contribution < 1.29 is 4.92 Å². The molecule has 1 aromatic heterocycles. The molecule has 1 aliphatic carbocycles. The van der Waals surface area contributed by atoms with Crippen LogP contribution < -0.4 is 0 Å². The highest BCUT2D eigenvalue weighted by Gasteiger charge is 2.30. The summed E-state index contributed by atoms with van der Waals surface area (Å²) in [7, 11) is 0. The van der Waals surface area contributed by atoms with Crippen molar-refractivity contribution in [3.8, 4) is 0 Å². The molecule has 14 heavy (non-hydrogen) atoms. The van der Waals surface area contributed by atoms with Crippen LogP contribution in [0, 0.1) is 10.1 Å². The molecule has 0 atom stereocenters. The number of nitro groups is 1. The molecule has 0 radical (unpaired) electrons. The molecule has 0 spiro atoms. The topological polar surface area (TPSA) is 61.0 Å². The first kappa shape index (κ1) is 9.18. The molecule has 0 unspecified atom stereocenters. The maximum absolute atomic E-state index is 10.7. The van der Waals surface area contributed by atoms with Gasteiger partial charge in [-0.15, -0.1) is 0 Å². The highest BCUT2D eigenvalue weighted by Crippen LogP contribution is 2.39. The van der Waals surface area contributed by atoms with Crippen LogP contribution in [0.3, 0.4) is 0 Å². The molecule has 0 aliphatic heterocycles. The predicted molar refractivity (Wildman–Crippen MR) is 51.1 cm³/mol. The number of aryl methyl sites for hydroxylation is 1. The van der Waals surface area contributed by atoms with Crippen molar-refractivity contribution in [1.82, 2.24) is 9.78 Å². The second-order valence-corrected chi connectivity index (χ2v) is 3.64. The quantitative estimate of drug-likeness (QED) is 0.548. The Morgan fingerprint density at radius 3 is 2.86 bits per heavy atom.